The summed E-state index contributed by atoms with van der Waals surface area (Å²) >= 11 is 0. The number of allylic oxidation sites excluding steroid dienone is 6. The van der Waals surface area contributed by atoms with Gasteiger partial charge in [-0.15, -0.1) is 0 Å². The average molecular weight is 252 g/mol. The molecule has 0 saturated carbocycles. The zero-order valence-electron chi connectivity index (χ0n) is 14.1. The second kappa shape index (κ2) is 21.5. The molecule has 18 heavy (non-hydrogen) atoms. The van der Waals surface area contributed by atoms with E-state index in [1.165, 1.54) is 36.8 Å². The molecular formula is C18H36. The van der Waals surface area contributed by atoms with Crippen LogP contribution in [0.1, 0.15) is 81.1 Å². The largest absolute Gasteiger partial charge is 0.0888 e. The molecule has 0 amide bonds. The molecule has 0 unspecified atom stereocenters. The molecule has 0 aliphatic carbocycles. The number of hydrogen-bond acceptors (Lipinski definition) is 0. The first-order valence-electron chi connectivity index (χ1n) is 7.37. The molecule has 0 fully saturated rings. The van der Waals surface area contributed by atoms with Crippen molar-refractivity contribution in [2.45, 2.75) is 81.1 Å². The van der Waals surface area contributed by atoms with Gasteiger partial charge in [0.15, 0.2) is 0 Å². The molecule has 108 valence electrons. The summed E-state index contributed by atoms with van der Waals surface area (Å²) in [5.41, 5.74) is 2.83. The minimum absolute atomic E-state index is 1.17. The molecule has 0 saturated heterocycles. The summed E-state index contributed by atoms with van der Waals surface area (Å²) in [6.07, 6.45) is 13.5. The van der Waals surface area contributed by atoms with Gasteiger partial charge in [0, 0.05) is 0 Å². The third-order valence-corrected chi connectivity index (χ3v) is 1.86. The lowest BCUT2D eigenvalue weighted by atomic mass is 10.3. The van der Waals surface area contributed by atoms with Gasteiger partial charge in [-0.2, -0.15) is 0 Å². The molecule has 0 aromatic heterocycles. The van der Waals surface area contributed by atoms with Crippen molar-refractivity contribution >= 4 is 0 Å². The monoisotopic (exact) mass is 252 g/mol. The second-order valence-corrected chi connectivity index (χ2v) is 4.67. The van der Waals surface area contributed by atoms with Gasteiger partial charge >= 0.3 is 0 Å². The fourth-order valence-corrected chi connectivity index (χ4v) is 1.15. The Labute approximate surface area is 117 Å². The Kier molecular flexibility index (Phi) is 26.8. The minimum atomic E-state index is 1.17. The Morgan fingerprint density at radius 2 is 0.833 bits per heavy atom. The summed E-state index contributed by atoms with van der Waals surface area (Å²) < 4.78 is 0. The molecule has 0 nitrogen and oxygen atoms in total. The van der Waals surface area contributed by atoms with E-state index in [4.69, 9.17) is 0 Å². The van der Waals surface area contributed by atoms with E-state index >= 15 is 0 Å². The van der Waals surface area contributed by atoms with Crippen molar-refractivity contribution < 1.29 is 0 Å². The maximum atomic E-state index is 2.21. The molecule has 0 rings (SSSR count). The summed E-state index contributed by atoms with van der Waals surface area (Å²) in [4.78, 5) is 0. The fourth-order valence-electron chi connectivity index (χ4n) is 1.15. The predicted molar refractivity (Wildman–Crippen MR) is 89.2 cm³/mol. The van der Waals surface area contributed by atoms with Crippen molar-refractivity contribution in [3.63, 3.8) is 0 Å². The summed E-state index contributed by atoms with van der Waals surface area (Å²) in [5.74, 6) is 0. The highest BCUT2D eigenvalue weighted by Gasteiger charge is 1.68. The van der Waals surface area contributed by atoms with Crippen LogP contribution in [0, 0.1) is 0 Å². The van der Waals surface area contributed by atoms with Crippen LogP contribution in [0.25, 0.3) is 0 Å². The van der Waals surface area contributed by atoms with Crippen LogP contribution in [0.5, 0.6) is 0 Å². The Balaban J connectivity index is -0.000000187. The quantitative estimate of drug-likeness (QED) is 0.469. The van der Waals surface area contributed by atoms with Crippen molar-refractivity contribution in [2.24, 2.45) is 0 Å². The molecule has 0 bridgehead atoms. The lowest BCUT2D eigenvalue weighted by Gasteiger charge is -1.80. The zero-order chi connectivity index (χ0) is 14.8. The minimum Gasteiger partial charge on any atom is -0.0888 e. The summed E-state index contributed by atoms with van der Waals surface area (Å²) in [5, 5.41) is 0. The highest BCUT2D eigenvalue weighted by atomic mass is 13.8. The van der Waals surface area contributed by atoms with Gasteiger partial charge < -0.3 is 0 Å². The zero-order valence-corrected chi connectivity index (χ0v) is 14.1. The summed E-state index contributed by atoms with van der Waals surface area (Å²) in [7, 11) is 0. The van der Waals surface area contributed by atoms with E-state index in [1.807, 2.05) is 0 Å². The van der Waals surface area contributed by atoms with Crippen LogP contribution >= 0.6 is 0 Å². The highest BCUT2D eigenvalue weighted by Crippen LogP contribution is 1.89. The molecule has 0 heterocycles. The van der Waals surface area contributed by atoms with Gasteiger partial charge in [0.2, 0.25) is 0 Å². The van der Waals surface area contributed by atoms with E-state index in [-0.39, 0.29) is 0 Å². The molecule has 0 radical (unpaired) electrons. The van der Waals surface area contributed by atoms with Crippen LogP contribution in [-0.2, 0) is 0 Å². The smallest absolute Gasteiger partial charge is 0.0377 e. The van der Waals surface area contributed by atoms with Crippen molar-refractivity contribution in [1.82, 2.24) is 0 Å². The molecule has 0 atom stereocenters. The van der Waals surface area contributed by atoms with Gasteiger partial charge in [-0.05, 0) is 53.4 Å². The summed E-state index contributed by atoms with van der Waals surface area (Å²) in [6.45, 7) is 17.0. The Bertz CT molecular complexity index is 184. The lowest BCUT2D eigenvalue weighted by molar-refractivity contribution is 1.16. The third-order valence-electron chi connectivity index (χ3n) is 1.86. The van der Waals surface area contributed by atoms with Crippen LogP contribution < -0.4 is 0 Å². The normalized spacial score (nSPS) is 8.67. The Morgan fingerprint density at radius 1 is 0.556 bits per heavy atom. The number of rotatable bonds is 4. The van der Waals surface area contributed by atoms with Crippen LogP contribution in [0.2, 0.25) is 0 Å². The molecule has 0 aliphatic heterocycles. The SMILES string of the molecule is CC/C=C\CC.CCC=C(C)C.CCC=C(C)C. The number of hydrogen-bond donors (Lipinski definition) is 0. The third kappa shape index (κ3) is 45.5. The summed E-state index contributed by atoms with van der Waals surface area (Å²) in [6, 6.07) is 0. The van der Waals surface area contributed by atoms with Gasteiger partial charge in [-0.1, -0.05) is 63.1 Å². The van der Waals surface area contributed by atoms with E-state index in [9.17, 15) is 0 Å². The van der Waals surface area contributed by atoms with Gasteiger partial charge in [0.05, 0.1) is 0 Å². The maximum absolute atomic E-state index is 2.21. The molecule has 0 spiro atoms. The predicted octanol–water partition coefficient (Wildman–Crippen LogP) is 7.09. The van der Waals surface area contributed by atoms with Crippen LogP contribution in [-0.4, -0.2) is 0 Å². The van der Waals surface area contributed by atoms with Crippen molar-refractivity contribution in [2.75, 3.05) is 0 Å². The van der Waals surface area contributed by atoms with Gasteiger partial charge in [-0.3, -0.25) is 0 Å². The first-order chi connectivity index (χ1) is 8.45. The first kappa shape index (κ1) is 22.4. The topological polar surface area (TPSA) is 0 Å². The molecule has 0 aliphatic rings. The standard InChI is InChI=1S/3C6H12/c2*1-4-5-6(2)3;1-3-5-6-4-2/h2*5H,4H2,1-3H3;5-6H,3-4H2,1-2H3/b;;6-5-. The molecule has 0 aromatic carbocycles. The van der Waals surface area contributed by atoms with E-state index in [1.54, 1.807) is 0 Å². The van der Waals surface area contributed by atoms with E-state index in [2.05, 4.69) is 79.7 Å². The van der Waals surface area contributed by atoms with E-state index < -0.39 is 0 Å². The molecular weight excluding hydrogens is 216 g/mol. The average Bonchev–Trinajstić information content (AvgIpc) is 2.27. The fraction of sp³-hybridized carbons (Fsp3) is 0.667. The van der Waals surface area contributed by atoms with Crippen LogP contribution in [0.4, 0.5) is 0 Å². The van der Waals surface area contributed by atoms with Crippen molar-refractivity contribution in [1.29, 1.82) is 0 Å². The van der Waals surface area contributed by atoms with Crippen molar-refractivity contribution in [3.05, 3.63) is 35.5 Å². The van der Waals surface area contributed by atoms with Gasteiger partial charge in [0.25, 0.3) is 0 Å². The second-order valence-electron chi connectivity index (χ2n) is 4.67. The highest BCUT2D eigenvalue weighted by molar-refractivity contribution is 4.91. The first-order valence-corrected chi connectivity index (χ1v) is 7.37. The van der Waals surface area contributed by atoms with Gasteiger partial charge in [0.1, 0.15) is 0 Å². The lowest BCUT2D eigenvalue weighted by Crippen LogP contribution is -1.58. The van der Waals surface area contributed by atoms with Crippen LogP contribution in [0.15, 0.2) is 35.5 Å². The molecule has 0 aromatic rings. The van der Waals surface area contributed by atoms with E-state index in [0.29, 0.717) is 0 Å². The van der Waals surface area contributed by atoms with Gasteiger partial charge in [-0.25, -0.2) is 0 Å². The maximum Gasteiger partial charge on any atom is -0.0377 e. The molecule has 0 heteroatoms. The molecule has 0 N–H and O–H groups in total. The van der Waals surface area contributed by atoms with E-state index in [0.717, 1.165) is 0 Å². The van der Waals surface area contributed by atoms with Crippen LogP contribution in [0.3, 0.4) is 0 Å². The van der Waals surface area contributed by atoms with Crippen molar-refractivity contribution in [3.8, 4) is 0 Å². The Morgan fingerprint density at radius 3 is 0.889 bits per heavy atom. The Hall–Kier alpha value is -0.780.